The molecule has 0 saturated heterocycles. The van der Waals surface area contributed by atoms with Crippen molar-refractivity contribution in [3.8, 4) is 0 Å². The van der Waals surface area contributed by atoms with Gasteiger partial charge in [-0.25, -0.2) is 4.79 Å². The summed E-state index contributed by atoms with van der Waals surface area (Å²) in [6.07, 6.45) is 2.89. The van der Waals surface area contributed by atoms with E-state index >= 15 is 0 Å². The maximum absolute atomic E-state index is 10.8. The van der Waals surface area contributed by atoms with Crippen molar-refractivity contribution in [3.63, 3.8) is 0 Å². The summed E-state index contributed by atoms with van der Waals surface area (Å²) in [4.78, 5) is 10.8. The number of ether oxygens (including phenoxy) is 1. The van der Waals surface area contributed by atoms with Gasteiger partial charge < -0.3 is 10.5 Å². The summed E-state index contributed by atoms with van der Waals surface area (Å²) in [6, 6.07) is 0. The van der Waals surface area contributed by atoms with Gasteiger partial charge in [-0.1, -0.05) is 0 Å². The number of esters is 1. The van der Waals surface area contributed by atoms with Gasteiger partial charge in [-0.3, -0.25) is 0 Å². The lowest BCUT2D eigenvalue weighted by molar-refractivity contribution is -0.481. The van der Waals surface area contributed by atoms with Gasteiger partial charge in [0.2, 0.25) is 0 Å². The van der Waals surface area contributed by atoms with Crippen molar-refractivity contribution < 1.29 is 15.3 Å². The van der Waals surface area contributed by atoms with E-state index in [1.54, 1.807) is 0 Å². The highest BCUT2D eigenvalue weighted by molar-refractivity contribution is 5.79. The first kappa shape index (κ1) is 6.55. The van der Waals surface area contributed by atoms with Gasteiger partial charge in [0.1, 0.15) is 0 Å². The second kappa shape index (κ2) is 1.99. The highest BCUT2D eigenvalue weighted by Gasteiger charge is 2.45. The molecule has 52 valence electrons. The molecular weight excluding hydrogens is 118 g/mol. The Morgan fingerprint density at radius 2 is 2.22 bits per heavy atom. The first-order valence-corrected chi connectivity index (χ1v) is 3.13. The molecule has 0 radical (unpaired) electrons. The van der Waals surface area contributed by atoms with Gasteiger partial charge in [0, 0.05) is 12.8 Å². The second-order valence-electron chi connectivity index (χ2n) is 2.63. The minimum atomic E-state index is -0.380. The van der Waals surface area contributed by atoms with Crippen LogP contribution in [0.2, 0.25) is 0 Å². The fourth-order valence-electron chi connectivity index (χ4n) is 1.02. The van der Waals surface area contributed by atoms with Crippen LogP contribution < -0.4 is 5.73 Å². The highest BCUT2D eigenvalue weighted by atomic mass is 16.5. The van der Waals surface area contributed by atoms with Crippen molar-refractivity contribution >= 4 is 5.97 Å². The van der Waals surface area contributed by atoms with Crippen molar-refractivity contribution in [2.24, 2.45) is 0 Å². The monoisotopic (exact) mass is 130 g/mol. The summed E-state index contributed by atoms with van der Waals surface area (Å²) >= 11 is 0. The number of carbonyl (C=O) groups is 1. The van der Waals surface area contributed by atoms with Gasteiger partial charge >= 0.3 is 5.97 Å². The quantitative estimate of drug-likeness (QED) is 0.478. The third kappa shape index (κ3) is 0.920. The Balaban J connectivity index is 2.49. The van der Waals surface area contributed by atoms with E-state index in [9.17, 15) is 4.79 Å². The van der Waals surface area contributed by atoms with Crippen molar-refractivity contribution in [2.45, 2.75) is 24.8 Å². The number of hydrogen-bond donors (Lipinski definition) is 1. The number of quaternary nitrogens is 1. The summed E-state index contributed by atoms with van der Waals surface area (Å²) in [5.41, 5.74) is 3.39. The minimum absolute atomic E-state index is 0.159. The molecule has 0 aromatic heterocycles. The maximum Gasteiger partial charge on any atom is 0.367 e. The second-order valence-corrected chi connectivity index (χ2v) is 2.63. The van der Waals surface area contributed by atoms with Crippen molar-refractivity contribution in [2.75, 3.05) is 7.11 Å². The van der Waals surface area contributed by atoms with Crippen LogP contribution in [-0.4, -0.2) is 18.6 Å². The van der Waals surface area contributed by atoms with E-state index in [1.807, 2.05) is 0 Å². The molecule has 1 aliphatic rings. The minimum Gasteiger partial charge on any atom is -0.464 e. The van der Waals surface area contributed by atoms with E-state index in [-0.39, 0.29) is 11.5 Å². The topological polar surface area (TPSA) is 53.9 Å². The first-order valence-electron chi connectivity index (χ1n) is 3.13. The average molecular weight is 130 g/mol. The third-order valence-corrected chi connectivity index (χ3v) is 1.93. The molecule has 0 aliphatic heterocycles. The Labute approximate surface area is 54.2 Å². The molecule has 9 heavy (non-hydrogen) atoms. The molecule has 3 nitrogen and oxygen atoms in total. The molecule has 3 heteroatoms. The van der Waals surface area contributed by atoms with Gasteiger partial charge in [0.05, 0.1) is 7.11 Å². The fourth-order valence-corrected chi connectivity index (χ4v) is 1.02. The Morgan fingerprint density at radius 1 is 1.67 bits per heavy atom. The lowest BCUT2D eigenvalue weighted by Crippen LogP contribution is -2.80. The van der Waals surface area contributed by atoms with E-state index in [0.717, 1.165) is 19.3 Å². The molecule has 1 aliphatic carbocycles. The van der Waals surface area contributed by atoms with Gasteiger partial charge in [-0.05, 0) is 6.42 Å². The SMILES string of the molecule is COC(=O)C1([NH3+])CCC1. The van der Waals surface area contributed by atoms with E-state index < -0.39 is 0 Å². The first-order chi connectivity index (χ1) is 4.19. The third-order valence-electron chi connectivity index (χ3n) is 1.93. The molecule has 1 saturated carbocycles. The standard InChI is InChI=1S/C6H11NO2/c1-9-5(8)6(7)3-2-4-6/h2-4,7H2,1H3/p+1. The Bertz CT molecular complexity index is 129. The summed E-state index contributed by atoms with van der Waals surface area (Å²) in [7, 11) is 1.41. The molecule has 0 aromatic rings. The molecule has 0 unspecified atom stereocenters. The van der Waals surface area contributed by atoms with Crippen molar-refractivity contribution in [1.82, 2.24) is 0 Å². The zero-order valence-corrected chi connectivity index (χ0v) is 5.64. The summed E-state index contributed by atoms with van der Waals surface area (Å²) in [6.45, 7) is 0. The Kier molecular flexibility index (Phi) is 1.45. The lowest BCUT2D eigenvalue weighted by Gasteiger charge is -2.30. The normalized spacial score (nSPS) is 22.4. The average Bonchev–Trinajstić information content (AvgIpc) is 1.81. The number of methoxy groups -OCH3 is 1. The van der Waals surface area contributed by atoms with E-state index in [0.29, 0.717) is 0 Å². The summed E-state index contributed by atoms with van der Waals surface area (Å²) in [5, 5.41) is 0. The van der Waals surface area contributed by atoms with E-state index in [2.05, 4.69) is 10.5 Å². The number of hydrogen-bond acceptors (Lipinski definition) is 2. The van der Waals surface area contributed by atoms with Crippen LogP contribution in [0, 0.1) is 0 Å². The largest absolute Gasteiger partial charge is 0.464 e. The van der Waals surface area contributed by atoms with Crippen LogP contribution in [0.15, 0.2) is 0 Å². The molecule has 0 atom stereocenters. The lowest BCUT2D eigenvalue weighted by atomic mass is 9.78. The van der Waals surface area contributed by atoms with E-state index in [1.165, 1.54) is 7.11 Å². The molecule has 0 spiro atoms. The molecule has 3 N–H and O–H groups in total. The summed E-state index contributed by atoms with van der Waals surface area (Å²) in [5.74, 6) is -0.159. The van der Waals surface area contributed by atoms with Gasteiger partial charge in [-0.2, -0.15) is 0 Å². The van der Waals surface area contributed by atoms with Crippen molar-refractivity contribution in [3.05, 3.63) is 0 Å². The number of carbonyl (C=O) groups excluding carboxylic acids is 1. The van der Waals surface area contributed by atoms with Crippen LogP contribution >= 0.6 is 0 Å². The fraction of sp³-hybridized carbons (Fsp3) is 0.833. The number of rotatable bonds is 1. The van der Waals surface area contributed by atoms with Crippen molar-refractivity contribution in [1.29, 1.82) is 0 Å². The predicted molar refractivity (Wildman–Crippen MR) is 31.5 cm³/mol. The Hall–Kier alpha value is -0.570. The van der Waals surface area contributed by atoms with Crippen LogP contribution in [0.4, 0.5) is 0 Å². The molecule has 0 aromatic carbocycles. The van der Waals surface area contributed by atoms with Crippen LogP contribution in [0.3, 0.4) is 0 Å². The predicted octanol–water partition coefficient (Wildman–Crippen LogP) is -0.676. The molecule has 0 heterocycles. The van der Waals surface area contributed by atoms with Gasteiger partial charge in [-0.15, -0.1) is 0 Å². The molecule has 1 fully saturated rings. The van der Waals surface area contributed by atoms with Gasteiger partial charge in [0.25, 0.3) is 0 Å². The zero-order valence-electron chi connectivity index (χ0n) is 5.64. The van der Waals surface area contributed by atoms with E-state index in [4.69, 9.17) is 0 Å². The van der Waals surface area contributed by atoms with Crippen LogP contribution in [0.25, 0.3) is 0 Å². The maximum atomic E-state index is 10.8. The Morgan fingerprint density at radius 3 is 2.33 bits per heavy atom. The molecular formula is C6H12NO2+. The summed E-state index contributed by atoms with van der Waals surface area (Å²) < 4.78 is 4.56. The van der Waals surface area contributed by atoms with Crippen LogP contribution in [-0.2, 0) is 9.53 Å². The van der Waals surface area contributed by atoms with Crippen LogP contribution in [0.5, 0.6) is 0 Å². The molecule has 0 bridgehead atoms. The highest BCUT2D eigenvalue weighted by Crippen LogP contribution is 2.27. The van der Waals surface area contributed by atoms with Crippen LogP contribution in [0.1, 0.15) is 19.3 Å². The zero-order chi connectivity index (χ0) is 6.91. The smallest absolute Gasteiger partial charge is 0.367 e. The molecule has 0 amide bonds. The molecule has 1 rings (SSSR count). The van der Waals surface area contributed by atoms with Gasteiger partial charge in [0.15, 0.2) is 5.54 Å².